The lowest BCUT2D eigenvalue weighted by atomic mass is 9.85. The van der Waals surface area contributed by atoms with Crippen molar-refractivity contribution in [2.75, 3.05) is 31.1 Å². The van der Waals surface area contributed by atoms with Gasteiger partial charge < -0.3 is 20.2 Å². The zero-order chi connectivity index (χ0) is 34.4. The fourth-order valence-corrected chi connectivity index (χ4v) is 7.37. The van der Waals surface area contributed by atoms with Crippen LogP contribution in [0.5, 0.6) is 0 Å². The molecule has 1 atom stereocenters. The number of hydrogen-bond acceptors (Lipinski definition) is 7. The maximum absolute atomic E-state index is 13.4. The molecule has 2 fully saturated rings. The lowest BCUT2D eigenvalue weighted by molar-refractivity contribution is -0.129. The summed E-state index contributed by atoms with van der Waals surface area (Å²) in [5.41, 5.74) is 6.19. The molecule has 2 N–H and O–H groups in total. The van der Waals surface area contributed by atoms with E-state index in [0.29, 0.717) is 23.7 Å². The molecule has 256 valence electrons. The van der Waals surface area contributed by atoms with Crippen molar-refractivity contribution in [1.29, 1.82) is 0 Å². The number of aliphatic hydroxyl groups is 1. The van der Waals surface area contributed by atoms with Crippen LogP contribution in [0.25, 0.3) is 0 Å². The van der Waals surface area contributed by atoms with Crippen molar-refractivity contribution in [3.8, 4) is 0 Å². The summed E-state index contributed by atoms with van der Waals surface area (Å²) in [6.45, 7) is 10.8. The summed E-state index contributed by atoms with van der Waals surface area (Å²) < 4.78 is 0. The molecule has 2 saturated heterocycles. The standard InChI is InChI=1S/C40H48N6O3/c1-29-36(30(2)43-28-42-29)39(49)44-24-20-40(3,21-25-44)45-22-18-35(19-23-45)46(27-32-10-6-4-7-11-32)34-16-14-31(15-17-34)26-41-38(48)37(47)33-12-8-5-9-13-33/h4-17,28,35,37,47H,18-27H2,1-3H3,(H,41,48)/t37-/m0/s1. The minimum atomic E-state index is -1.19. The highest BCUT2D eigenvalue weighted by Gasteiger charge is 2.39. The van der Waals surface area contributed by atoms with Gasteiger partial charge in [-0.15, -0.1) is 0 Å². The molecule has 0 bridgehead atoms. The van der Waals surface area contributed by atoms with Crippen molar-refractivity contribution >= 4 is 17.5 Å². The van der Waals surface area contributed by atoms with Crippen LogP contribution in [0, 0.1) is 13.8 Å². The van der Waals surface area contributed by atoms with Crippen LogP contribution in [0.3, 0.4) is 0 Å². The number of aromatic nitrogens is 2. The number of nitrogens with zero attached hydrogens (tertiary/aromatic N) is 5. The van der Waals surface area contributed by atoms with E-state index in [1.54, 1.807) is 12.1 Å². The molecule has 0 saturated carbocycles. The Hall–Kier alpha value is -4.60. The third-order valence-electron chi connectivity index (χ3n) is 10.5. The molecule has 2 amide bonds. The number of piperidine rings is 2. The zero-order valence-corrected chi connectivity index (χ0v) is 28.9. The number of aliphatic hydroxyl groups excluding tert-OH is 1. The van der Waals surface area contributed by atoms with Gasteiger partial charge in [0.1, 0.15) is 6.33 Å². The Bertz CT molecular complexity index is 1680. The number of benzene rings is 3. The maximum Gasteiger partial charge on any atom is 0.257 e. The van der Waals surface area contributed by atoms with Crippen LogP contribution in [-0.4, -0.2) is 74.4 Å². The van der Waals surface area contributed by atoms with E-state index in [2.05, 4.69) is 86.6 Å². The maximum atomic E-state index is 13.4. The molecule has 0 radical (unpaired) electrons. The predicted molar refractivity (Wildman–Crippen MR) is 192 cm³/mol. The number of aryl methyl sites for hydroxylation is 2. The van der Waals surface area contributed by atoms with Gasteiger partial charge in [-0.05, 0) is 75.3 Å². The largest absolute Gasteiger partial charge is 0.378 e. The molecule has 9 heteroatoms. The fraction of sp³-hybridized carbons (Fsp3) is 0.400. The van der Waals surface area contributed by atoms with Gasteiger partial charge in [-0.25, -0.2) is 9.97 Å². The Morgan fingerprint density at radius 3 is 2.06 bits per heavy atom. The number of carbonyl (C=O) groups is 2. The van der Waals surface area contributed by atoms with Crippen LogP contribution in [-0.2, 0) is 17.9 Å². The van der Waals surface area contributed by atoms with Crippen LogP contribution < -0.4 is 10.2 Å². The highest BCUT2D eigenvalue weighted by Crippen LogP contribution is 2.34. The molecule has 2 aliphatic heterocycles. The Kier molecular flexibility index (Phi) is 10.7. The van der Waals surface area contributed by atoms with Gasteiger partial charge in [-0.1, -0.05) is 72.8 Å². The monoisotopic (exact) mass is 660 g/mol. The number of likely N-dealkylation sites (tertiary alicyclic amines) is 2. The van der Waals surface area contributed by atoms with Crippen molar-refractivity contribution in [3.63, 3.8) is 0 Å². The van der Waals surface area contributed by atoms with Crippen LogP contribution in [0.4, 0.5) is 5.69 Å². The number of amides is 2. The minimum Gasteiger partial charge on any atom is -0.378 e. The van der Waals surface area contributed by atoms with Crippen LogP contribution >= 0.6 is 0 Å². The van der Waals surface area contributed by atoms with E-state index >= 15 is 0 Å². The second-order valence-corrected chi connectivity index (χ2v) is 13.7. The van der Waals surface area contributed by atoms with Gasteiger partial charge in [-0.3, -0.25) is 14.5 Å². The van der Waals surface area contributed by atoms with E-state index in [1.165, 1.54) is 11.9 Å². The molecule has 4 aromatic rings. The van der Waals surface area contributed by atoms with E-state index in [4.69, 9.17) is 0 Å². The molecule has 0 unspecified atom stereocenters. The first-order valence-electron chi connectivity index (χ1n) is 17.4. The Balaban J connectivity index is 1.07. The summed E-state index contributed by atoms with van der Waals surface area (Å²) in [6, 6.07) is 28.4. The average Bonchev–Trinajstić information content (AvgIpc) is 3.14. The Morgan fingerprint density at radius 1 is 0.857 bits per heavy atom. The molecule has 6 rings (SSSR count). The average molecular weight is 661 g/mol. The van der Waals surface area contributed by atoms with Gasteiger partial charge in [0, 0.05) is 56.5 Å². The summed E-state index contributed by atoms with van der Waals surface area (Å²) in [6.07, 6.45) is 4.34. The summed E-state index contributed by atoms with van der Waals surface area (Å²) in [4.78, 5) is 41.7. The molecule has 9 nitrogen and oxygen atoms in total. The molecule has 1 aromatic heterocycles. The molecular formula is C40H48N6O3. The van der Waals surface area contributed by atoms with Crippen molar-refractivity contribution in [3.05, 3.63) is 125 Å². The summed E-state index contributed by atoms with van der Waals surface area (Å²) in [5.74, 6) is -0.360. The number of hydrogen-bond donors (Lipinski definition) is 2. The summed E-state index contributed by atoms with van der Waals surface area (Å²) in [7, 11) is 0. The van der Waals surface area contributed by atoms with Crippen LogP contribution in [0.1, 0.15) is 77.1 Å². The lowest BCUT2D eigenvalue weighted by Gasteiger charge is -2.50. The van der Waals surface area contributed by atoms with E-state index < -0.39 is 12.0 Å². The summed E-state index contributed by atoms with van der Waals surface area (Å²) >= 11 is 0. The first-order valence-corrected chi connectivity index (χ1v) is 17.4. The number of carbonyl (C=O) groups excluding carboxylic acids is 2. The Labute approximate surface area is 290 Å². The molecule has 3 aromatic carbocycles. The van der Waals surface area contributed by atoms with Crippen LogP contribution in [0.2, 0.25) is 0 Å². The smallest absolute Gasteiger partial charge is 0.257 e. The fourth-order valence-electron chi connectivity index (χ4n) is 7.37. The molecule has 3 heterocycles. The quantitative estimate of drug-likeness (QED) is 0.228. The SMILES string of the molecule is Cc1ncnc(C)c1C(=O)N1CCC(C)(N2CCC(N(Cc3ccccc3)c3ccc(CNC(=O)[C@@H](O)c4ccccc4)cc3)CC2)CC1. The van der Waals surface area contributed by atoms with Crippen molar-refractivity contribution in [1.82, 2.24) is 25.1 Å². The first kappa shape index (κ1) is 34.3. The minimum absolute atomic E-state index is 0.0473. The molecule has 0 spiro atoms. The van der Waals surface area contributed by atoms with E-state index in [0.717, 1.165) is 81.0 Å². The second-order valence-electron chi connectivity index (χ2n) is 13.7. The van der Waals surface area contributed by atoms with Gasteiger partial charge in [-0.2, -0.15) is 0 Å². The molecule has 49 heavy (non-hydrogen) atoms. The predicted octanol–water partition coefficient (Wildman–Crippen LogP) is 5.61. The number of rotatable bonds is 10. The second kappa shape index (κ2) is 15.3. The topological polar surface area (TPSA) is 102 Å². The highest BCUT2D eigenvalue weighted by atomic mass is 16.3. The summed E-state index contributed by atoms with van der Waals surface area (Å²) in [5, 5.41) is 13.3. The number of nitrogens with one attached hydrogen (secondary N) is 1. The van der Waals surface area contributed by atoms with E-state index in [9.17, 15) is 14.7 Å². The number of anilines is 1. The van der Waals surface area contributed by atoms with Gasteiger partial charge in [0.15, 0.2) is 6.10 Å². The third-order valence-corrected chi connectivity index (χ3v) is 10.5. The molecule has 0 aliphatic carbocycles. The molecule has 2 aliphatic rings. The van der Waals surface area contributed by atoms with Gasteiger partial charge in [0.05, 0.1) is 17.0 Å². The van der Waals surface area contributed by atoms with Gasteiger partial charge in [0.2, 0.25) is 0 Å². The highest BCUT2D eigenvalue weighted by molar-refractivity contribution is 5.96. The van der Waals surface area contributed by atoms with Crippen molar-refractivity contribution in [2.24, 2.45) is 0 Å². The van der Waals surface area contributed by atoms with Gasteiger partial charge in [0.25, 0.3) is 11.8 Å². The van der Waals surface area contributed by atoms with Crippen LogP contribution in [0.15, 0.2) is 91.3 Å². The van der Waals surface area contributed by atoms with Gasteiger partial charge >= 0.3 is 0 Å². The lowest BCUT2D eigenvalue weighted by Crippen LogP contribution is -2.58. The van der Waals surface area contributed by atoms with Crippen molar-refractivity contribution in [2.45, 2.75) is 77.2 Å². The third kappa shape index (κ3) is 8.00. The van der Waals surface area contributed by atoms with Crippen molar-refractivity contribution < 1.29 is 14.7 Å². The normalized spacial score (nSPS) is 17.3. The zero-order valence-electron chi connectivity index (χ0n) is 28.9. The molecular weight excluding hydrogens is 612 g/mol. The van der Waals surface area contributed by atoms with E-state index in [-0.39, 0.29) is 11.4 Å². The first-order chi connectivity index (χ1) is 23.7. The Morgan fingerprint density at radius 2 is 1.45 bits per heavy atom. The van der Waals surface area contributed by atoms with E-state index in [1.807, 2.05) is 36.9 Å².